The van der Waals surface area contributed by atoms with E-state index in [9.17, 15) is 4.79 Å². The van der Waals surface area contributed by atoms with E-state index >= 15 is 0 Å². The summed E-state index contributed by atoms with van der Waals surface area (Å²) in [5.41, 5.74) is 1.78. The second kappa shape index (κ2) is 3.81. The van der Waals surface area contributed by atoms with E-state index in [2.05, 4.69) is 4.98 Å². The van der Waals surface area contributed by atoms with Crippen LogP contribution in [0.1, 0.15) is 16.1 Å². The van der Waals surface area contributed by atoms with Gasteiger partial charge >= 0.3 is 5.97 Å². The molecule has 0 fully saturated rings. The molecular formula is C15H11NO2. The zero-order valence-corrected chi connectivity index (χ0v) is 9.84. The van der Waals surface area contributed by atoms with Crippen LogP contribution < -0.4 is 0 Å². The van der Waals surface area contributed by atoms with Gasteiger partial charge in [0.05, 0.1) is 5.52 Å². The maximum atomic E-state index is 11.1. The van der Waals surface area contributed by atoms with E-state index in [0.29, 0.717) is 0 Å². The maximum Gasteiger partial charge on any atom is 0.354 e. The lowest BCUT2D eigenvalue weighted by Crippen LogP contribution is -2.01. The Kier molecular flexibility index (Phi) is 2.27. The average Bonchev–Trinajstić information content (AvgIpc) is 2.38. The SMILES string of the molecule is Cc1cc(C(=O)O)nc2c1ccc1ccccc12. The van der Waals surface area contributed by atoms with Crippen LogP contribution in [0, 0.1) is 6.92 Å². The van der Waals surface area contributed by atoms with Gasteiger partial charge in [-0.1, -0.05) is 36.4 Å². The summed E-state index contributed by atoms with van der Waals surface area (Å²) in [4.78, 5) is 15.3. The van der Waals surface area contributed by atoms with Crippen LogP contribution in [0.4, 0.5) is 0 Å². The molecule has 0 atom stereocenters. The largest absolute Gasteiger partial charge is 0.477 e. The predicted octanol–water partition coefficient (Wildman–Crippen LogP) is 3.39. The molecule has 0 aliphatic carbocycles. The van der Waals surface area contributed by atoms with E-state index in [0.717, 1.165) is 27.2 Å². The highest BCUT2D eigenvalue weighted by molar-refractivity contribution is 6.07. The number of aromatic nitrogens is 1. The van der Waals surface area contributed by atoms with Gasteiger partial charge in [-0.15, -0.1) is 0 Å². The summed E-state index contributed by atoms with van der Waals surface area (Å²) in [6.45, 7) is 1.91. The number of carbonyl (C=O) groups is 1. The van der Waals surface area contributed by atoms with Crippen molar-refractivity contribution in [1.82, 2.24) is 4.98 Å². The first kappa shape index (κ1) is 10.7. The van der Waals surface area contributed by atoms with Crippen molar-refractivity contribution in [1.29, 1.82) is 0 Å². The molecule has 1 N–H and O–H groups in total. The molecule has 0 spiro atoms. The Morgan fingerprint density at radius 2 is 1.89 bits per heavy atom. The molecule has 1 aromatic heterocycles. The van der Waals surface area contributed by atoms with Gasteiger partial charge < -0.3 is 5.11 Å². The average molecular weight is 237 g/mol. The zero-order chi connectivity index (χ0) is 12.7. The Balaban J connectivity index is 2.51. The van der Waals surface area contributed by atoms with Gasteiger partial charge in [0, 0.05) is 10.8 Å². The molecule has 1 heterocycles. The Labute approximate surface area is 104 Å². The first-order valence-corrected chi connectivity index (χ1v) is 5.69. The Bertz CT molecular complexity index is 778. The van der Waals surface area contributed by atoms with Crippen molar-refractivity contribution >= 4 is 27.6 Å². The van der Waals surface area contributed by atoms with Gasteiger partial charge in [-0.2, -0.15) is 0 Å². The Morgan fingerprint density at radius 3 is 2.67 bits per heavy atom. The van der Waals surface area contributed by atoms with Crippen molar-refractivity contribution in [2.24, 2.45) is 0 Å². The van der Waals surface area contributed by atoms with Crippen LogP contribution in [0.15, 0.2) is 42.5 Å². The number of hydrogen-bond donors (Lipinski definition) is 1. The van der Waals surface area contributed by atoms with Gasteiger partial charge in [-0.3, -0.25) is 0 Å². The van der Waals surface area contributed by atoms with Gasteiger partial charge in [0.25, 0.3) is 0 Å². The normalized spacial score (nSPS) is 10.9. The lowest BCUT2D eigenvalue weighted by atomic mass is 10.0. The topological polar surface area (TPSA) is 50.2 Å². The third-order valence-electron chi connectivity index (χ3n) is 3.13. The second-order valence-corrected chi connectivity index (χ2v) is 4.31. The lowest BCUT2D eigenvalue weighted by molar-refractivity contribution is 0.0691. The fraction of sp³-hybridized carbons (Fsp3) is 0.0667. The minimum Gasteiger partial charge on any atom is -0.477 e. The lowest BCUT2D eigenvalue weighted by Gasteiger charge is -2.07. The zero-order valence-electron chi connectivity index (χ0n) is 9.84. The van der Waals surface area contributed by atoms with Crippen LogP contribution in [-0.2, 0) is 0 Å². The van der Waals surface area contributed by atoms with Crippen LogP contribution in [0.2, 0.25) is 0 Å². The molecule has 2 aromatic carbocycles. The Hall–Kier alpha value is -2.42. The number of benzene rings is 2. The van der Waals surface area contributed by atoms with Crippen molar-refractivity contribution in [3.63, 3.8) is 0 Å². The molecule has 3 rings (SSSR count). The van der Waals surface area contributed by atoms with E-state index < -0.39 is 5.97 Å². The summed E-state index contributed by atoms with van der Waals surface area (Å²) in [6, 6.07) is 13.5. The number of rotatable bonds is 1. The molecule has 3 aromatic rings. The standard InChI is InChI=1S/C15H11NO2/c1-9-8-13(15(17)18)16-14-11(9)7-6-10-4-2-3-5-12(10)14/h2-8H,1H3,(H,17,18). The summed E-state index contributed by atoms with van der Waals surface area (Å²) >= 11 is 0. The Morgan fingerprint density at radius 1 is 1.11 bits per heavy atom. The molecule has 18 heavy (non-hydrogen) atoms. The summed E-state index contributed by atoms with van der Waals surface area (Å²) in [5.74, 6) is -0.993. The third-order valence-corrected chi connectivity index (χ3v) is 3.13. The number of carboxylic acids is 1. The molecule has 0 unspecified atom stereocenters. The molecule has 0 aliphatic rings. The molecule has 0 bridgehead atoms. The summed E-state index contributed by atoms with van der Waals surface area (Å²) in [6.07, 6.45) is 0. The second-order valence-electron chi connectivity index (χ2n) is 4.31. The van der Waals surface area contributed by atoms with Crippen molar-refractivity contribution in [3.05, 3.63) is 53.7 Å². The fourth-order valence-electron chi connectivity index (χ4n) is 2.24. The molecule has 0 radical (unpaired) electrons. The molecule has 3 nitrogen and oxygen atoms in total. The minimum atomic E-state index is -0.993. The minimum absolute atomic E-state index is 0.0938. The van der Waals surface area contributed by atoms with Crippen LogP contribution >= 0.6 is 0 Å². The number of carboxylic acid groups (broad SMARTS) is 1. The molecular weight excluding hydrogens is 226 g/mol. The van der Waals surface area contributed by atoms with Gasteiger partial charge in [-0.25, -0.2) is 9.78 Å². The molecule has 0 saturated carbocycles. The van der Waals surface area contributed by atoms with E-state index in [-0.39, 0.29) is 5.69 Å². The van der Waals surface area contributed by atoms with Crippen molar-refractivity contribution < 1.29 is 9.90 Å². The number of nitrogens with zero attached hydrogens (tertiary/aromatic N) is 1. The molecule has 3 heteroatoms. The number of fused-ring (bicyclic) bond motifs is 3. The highest BCUT2D eigenvalue weighted by atomic mass is 16.4. The number of aromatic carboxylic acids is 1. The summed E-state index contributed by atoms with van der Waals surface area (Å²) in [5, 5.41) is 12.1. The predicted molar refractivity (Wildman–Crippen MR) is 70.9 cm³/mol. The van der Waals surface area contributed by atoms with Crippen molar-refractivity contribution in [2.45, 2.75) is 6.92 Å². The third kappa shape index (κ3) is 1.52. The van der Waals surface area contributed by atoms with Crippen molar-refractivity contribution in [2.75, 3.05) is 0 Å². The van der Waals surface area contributed by atoms with Crippen LogP contribution in [0.3, 0.4) is 0 Å². The molecule has 88 valence electrons. The van der Waals surface area contributed by atoms with Crippen LogP contribution in [0.5, 0.6) is 0 Å². The van der Waals surface area contributed by atoms with E-state index in [1.807, 2.05) is 43.3 Å². The molecule has 0 amide bonds. The first-order chi connectivity index (χ1) is 8.66. The fourth-order valence-corrected chi connectivity index (χ4v) is 2.24. The monoisotopic (exact) mass is 237 g/mol. The quantitative estimate of drug-likeness (QED) is 0.660. The number of pyridine rings is 1. The highest BCUT2D eigenvalue weighted by Gasteiger charge is 2.10. The van der Waals surface area contributed by atoms with E-state index in [1.165, 1.54) is 0 Å². The van der Waals surface area contributed by atoms with Crippen molar-refractivity contribution in [3.8, 4) is 0 Å². The van der Waals surface area contributed by atoms with E-state index in [4.69, 9.17) is 5.11 Å². The van der Waals surface area contributed by atoms with Gasteiger partial charge in [-0.05, 0) is 23.9 Å². The maximum absolute atomic E-state index is 11.1. The number of aryl methyl sites for hydroxylation is 1. The highest BCUT2D eigenvalue weighted by Crippen LogP contribution is 2.26. The van der Waals surface area contributed by atoms with E-state index in [1.54, 1.807) is 6.07 Å². The van der Waals surface area contributed by atoms with Crippen LogP contribution in [-0.4, -0.2) is 16.1 Å². The van der Waals surface area contributed by atoms with Gasteiger partial charge in [0.1, 0.15) is 5.69 Å². The molecule has 0 aliphatic heterocycles. The first-order valence-electron chi connectivity index (χ1n) is 5.69. The van der Waals surface area contributed by atoms with Gasteiger partial charge in [0.15, 0.2) is 0 Å². The van der Waals surface area contributed by atoms with Gasteiger partial charge in [0.2, 0.25) is 0 Å². The summed E-state index contributed by atoms with van der Waals surface area (Å²) < 4.78 is 0. The number of hydrogen-bond acceptors (Lipinski definition) is 2. The smallest absolute Gasteiger partial charge is 0.354 e. The summed E-state index contributed by atoms with van der Waals surface area (Å²) in [7, 11) is 0. The molecule has 0 saturated heterocycles. The van der Waals surface area contributed by atoms with Crippen LogP contribution in [0.25, 0.3) is 21.7 Å².